The lowest BCUT2D eigenvalue weighted by molar-refractivity contribution is 0.0929. The summed E-state index contributed by atoms with van der Waals surface area (Å²) in [5, 5.41) is 5.65. The van der Waals surface area contributed by atoms with E-state index in [2.05, 4.69) is 29.7 Å². The number of carbonyl (C=O) groups excluding carboxylic acids is 2. The SMILES string of the molecule is CNC(=O)c1cc(C(=O)NC2C3COCC32)cc2c1OCC2.Cc1ccccc1. The largest absolute Gasteiger partial charge is 0.492 e. The van der Waals surface area contributed by atoms with Gasteiger partial charge in [-0.2, -0.15) is 0 Å². The number of nitrogens with one attached hydrogen (secondary N) is 2. The summed E-state index contributed by atoms with van der Waals surface area (Å²) in [7, 11) is 1.57. The van der Waals surface area contributed by atoms with Crippen molar-refractivity contribution in [2.45, 2.75) is 19.4 Å². The standard InChI is InChI=1S/C16H18N2O4.C7H8/c1-17-16(20)10-5-9(4-8-2-3-22-14(8)10)15(19)18-13-11-6-21-7-12(11)13;1-7-5-3-2-4-6-7/h4-5,11-13H,2-3,6-7H2,1H3,(H,17,20)(H,18,19);2-6H,1H3. The van der Waals surface area contributed by atoms with Gasteiger partial charge in [-0.1, -0.05) is 35.9 Å². The van der Waals surface area contributed by atoms with E-state index in [4.69, 9.17) is 9.47 Å². The van der Waals surface area contributed by atoms with Gasteiger partial charge >= 0.3 is 0 Å². The van der Waals surface area contributed by atoms with Gasteiger partial charge in [-0.05, 0) is 24.6 Å². The van der Waals surface area contributed by atoms with Crippen LogP contribution >= 0.6 is 0 Å². The predicted octanol–water partition coefficient (Wildman–Crippen LogP) is 2.35. The zero-order valence-corrected chi connectivity index (χ0v) is 16.7. The van der Waals surface area contributed by atoms with Gasteiger partial charge in [0.2, 0.25) is 0 Å². The summed E-state index contributed by atoms with van der Waals surface area (Å²) in [6, 6.07) is 13.9. The smallest absolute Gasteiger partial charge is 0.254 e. The van der Waals surface area contributed by atoms with Crippen LogP contribution in [0.25, 0.3) is 0 Å². The monoisotopic (exact) mass is 394 g/mol. The third-order valence-electron chi connectivity index (χ3n) is 5.71. The Balaban J connectivity index is 0.000000249. The normalized spacial score (nSPS) is 23.0. The maximum Gasteiger partial charge on any atom is 0.254 e. The van der Waals surface area contributed by atoms with E-state index in [-0.39, 0.29) is 17.9 Å². The Hall–Kier alpha value is -2.86. The van der Waals surface area contributed by atoms with Gasteiger partial charge in [0, 0.05) is 36.9 Å². The van der Waals surface area contributed by atoms with Crippen LogP contribution in [0.4, 0.5) is 0 Å². The number of benzene rings is 2. The van der Waals surface area contributed by atoms with Crippen LogP contribution in [-0.2, 0) is 11.2 Å². The fraction of sp³-hybridized carbons (Fsp3) is 0.391. The van der Waals surface area contributed by atoms with Crippen LogP contribution in [0.5, 0.6) is 5.75 Å². The number of fused-ring (bicyclic) bond motifs is 2. The summed E-state index contributed by atoms with van der Waals surface area (Å²) in [5.41, 5.74) is 3.20. The number of ether oxygens (including phenoxy) is 2. The maximum absolute atomic E-state index is 12.5. The fourth-order valence-corrected chi connectivity index (χ4v) is 3.97. The summed E-state index contributed by atoms with van der Waals surface area (Å²) in [5.74, 6) is 1.16. The number of rotatable bonds is 3. The van der Waals surface area contributed by atoms with Gasteiger partial charge < -0.3 is 20.1 Å². The lowest BCUT2D eigenvalue weighted by Gasteiger charge is -2.11. The Kier molecular flexibility index (Phi) is 5.53. The van der Waals surface area contributed by atoms with Gasteiger partial charge in [-0.25, -0.2) is 0 Å². The number of aryl methyl sites for hydroxylation is 1. The average Bonchev–Trinajstić information content (AvgIpc) is 3.14. The Labute approximate surface area is 170 Å². The first-order valence-corrected chi connectivity index (χ1v) is 10.0. The summed E-state index contributed by atoms with van der Waals surface area (Å²) < 4.78 is 10.9. The van der Waals surface area contributed by atoms with Crippen molar-refractivity contribution in [3.8, 4) is 5.75 Å². The van der Waals surface area contributed by atoms with Gasteiger partial charge in [0.15, 0.2) is 0 Å². The van der Waals surface area contributed by atoms with Crippen molar-refractivity contribution in [2.75, 3.05) is 26.9 Å². The first-order valence-electron chi connectivity index (χ1n) is 10.0. The van der Waals surface area contributed by atoms with Gasteiger partial charge in [0.1, 0.15) is 5.75 Å². The number of carbonyl (C=O) groups is 2. The number of hydrogen-bond acceptors (Lipinski definition) is 4. The fourth-order valence-electron chi connectivity index (χ4n) is 3.97. The molecule has 2 unspecified atom stereocenters. The third-order valence-corrected chi connectivity index (χ3v) is 5.71. The van der Waals surface area contributed by atoms with E-state index < -0.39 is 0 Å². The molecule has 2 amide bonds. The molecular weight excluding hydrogens is 368 g/mol. The lowest BCUT2D eigenvalue weighted by atomic mass is 10.0. The van der Waals surface area contributed by atoms with E-state index in [1.165, 1.54) is 5.56 Å². The highest BCUT2D eigenvalue weighted by molar-refractivity contribution is 6.02. The second kappa shape index (κ2) is 8.25. The van der Waals surface area contributed by atoms with E-state index in [0.29, 0.717) is 35.3 Å². The van der Waals surface area contributed by atoms with E-state index in [0.717, 1.165) is 25.2 Å². The van der Waals surface area contributed by atoms with E-state index in [9.17, 15) is 9.59 Å². The van der Waals surface area contributed by atoms with Gasteiger partial charge in [-0.3, -0.25) is 9.59 Å². The van der Waals surface area contributed by atoms with E-state index >= 15 is 0 Å². The molecule has 2 N–H and O–H groups in total. The van der Waals surface area contributed by atoms with Crippen LogP contribution in [0, 0.1) is 18.8 Å². The Bertz CT molecular complexity index is 903. The van der Waals surface area contributed by atoms with Crippen molar-refractivity contribution in [3.63, 3.8) is 0 Å². The highest BCUT2D eigenvalue weighted by Crippen LogP contribution is 2.44. The van der Waals surface area contributed by atoms with E-state index in [1.807, 2.05) is 24.3 Å². The molecule has 1 saturated heterocycles. The summed E-state index contributed by atoms with van der Waals surface area (Å²) in [6.45, 7) is 4.10. The molecular formula is C23H26N2O4. The summed E-state index contributed by atoms with van der Waals surface area (Å²) in [4.78, 5) is 24.5. The van der Waals surface area contributed by atoms with Crippen molar-refractivity contribution < 1.29 is 19.1 Å². The minimum atomic E-state index is -0.232. The molecule has 2 aromatic carbocycles. The zero-order valence-electron chi connectivity index (χ0n) is 16.7. The molecule has 5 rings (SSSR count). The van der Waals surface area contributed by atoms with Gasteiger partial charge in [-0.15, -0.1) is 0 Å². The topological polar surface area (TPSA) is 76.7 Å². The first-order chi connectivity index (χ1) is 14.1. The average molecular weight is 394 g/mol. The molecule has 6 heteroatoms. The minimum Gasteiger partial charge on any atom is -0.492 e. The number of hydrogen-bond donors (Lipinski definition) is 2. The van der Waals surface area contributed by atoms with Crippen molar-refractivity contribution in [2.24, 2.45) is 11.8 Å². The molecule has 0 aromatic heterocycles. The minimum absolute atomic E-state index is 0.126. The van der Waals surface area contributed by atoms with E-state index in [1.54, 1.807) is 13.1 Å². The molecule has 0 bridgehead atoms. The second-order valence-electron chi connectivity index (χ2n) is 7.71. The van der Waals surface area contributed by atoms with Crippen LogP contribution < -0.4 is 15.4 Å². The highest BCUT2D eigenvalue weighted by Gasteiger charge is 2.54. The lowest BCUT2D eigenvalue weighted by Crippen LogP contribution is -2.30. The maximum atomic E-state index is 12.5. The molecule has 152 valence electrons. The molecule has 29 heavy (non-hydrogen) atoms. The van der Waals surface area contributed by atoms with Crippen LogP contribution in [0.2, 0.25) is 0 Å². The quantitative estimate of drug-likeness (QED) is 0.838. The molecule has 0 spiro atoms. The molecule has 1 aliphatic carbocycles. The molecule has 2 aromatic rings. The van der Waals surface area contributed by atoms with Crippen molar-refractivity contribution in [1.29, 1.82) is 0 Å². The Morgan fingerprint density at radius 1 is 1.03 bits per heavy atom. The van der Waals surface area contributed by atoms with Crippen molar-refractivity contribution in [3.05, 3.63) is 64.7 Å². The third kappa shape index (κ3) is 4.12. The zero-order chi connectivity index (χ0) is 20.4. The van der Waals surface area contributed by atoms with Crippen LogP contribution in [0.3, 0.4) is 0 Å². The van der Waals surface area contributed by atoms with Crippen molar-refractivity contribution in [1.82, 2.24) is 10.6 Å². The molecule has 6 nitrogen and oxygen atoms in total. The number of amides is 2. The van der Waals surface area contributed by atoms with Gasteiger partial charge in [0.25, 0.3) is 11.8 Å². The molecule has 1 saturated carbocycles. The second-order valence-corrected chi connectivity index (χ2v) is 7.71. The van der Waals surface area contributed by atoms with Crippen LogP contribution in [-0.4, -0.2) is 44.7 Å². The van der Waals surface area contributed by atoms with Crippen molar-refractivity contribution >= 4 is 11.8 Å². The molecule has 2 fully saturated rings. The molecule has 2 atom stereocenters. The molecule has 0 radical (unpaired) electrons. The molecule has 2 heterocycles. The first kappa shape index (κ1) is 19.5. The predicted molar refractivity (Wildman–Crippen MR) is 109 cm³/mol. The van der Waals surface area contributed by atoms with Gasteiger partial charge in [0.05, 0.1) is 25.4 Å². The molecule has 3 aliphatic rings. The molecule has 2 aliphatic heterocycles. The Morgan fingerprint density at radius 3 is 2.38 bits per heavy atom. The van der Waals surface area contributed by atoms with Crippen LogP contribution in [0.15, 0.2) is 42.5 Å². The summed E-state index contributed by atoms with van der Waals surface area (Å²) >= 11 is 0. The Morgan fingerprint density at radius 2 is 1.76 bits per heavy atom. The highest BCUT2D eigenvalue weighted by atomic mass is 16.5. The van der Waals surface area contributed by atoms with Crippen LogP contribution in [0.1, 0.15) is 31.8 Å². The summed E-state index contributed by atoms with van der Waals surface area (Å²) in [6.07, 6.45) is 0.725.